The van der Waals surface area contributed by atoms with E-state index in [1.54, 1.807) is 6.07 Å². The van der Waals surface area contributed by atoms with Crippen LogP contribution in [0.15, 0.2) is 47.9 Å². The van der Waals surface area contributed by atoms with Crippen LogP contribution in [0.4, 0.5) is 0 Å². The first-order valence-corrected chi connectivity index (χ1v) is 5.68. The molecule has 0 aliphatic rings. The van der Waals surface area contributed by atoms with Gasteiger partial charge in [0.1, 0.15) is 11.2 Å². The van der Waals surface area contributed by atoms with Gasteiger partial charge >= 0.3 is 5.97 Å². The fourth-order valence-corrected chi connectivity index (χ4v) is 1.90. The summed E-state index contributed by atoms with van der Waals surface area (Å²) in [5.41, 5.74) is -0.570. The first-order chi connectivity index (χ1) is 9.68. The molecule has 0 fully saturated rings. The van der Waals surface area contributed by atoms with E-state index in [0.717, 1.165) is 0 Å². The van der Waals surface area contributed by atoms with E-state index in [2.05, 4.69) is 15.0 Å². The third-order valence-electron chi connectivity index (χ3n) is 2.79. The summed E-state index contributed by atoms with van der Waals surface area (Å²) in [5, 5.41) is 9.35. The smallest absolute Gasteiger partial charge is 0.341 e. The molecule has 0 bridgehead atoms. The average molecular weight is 268 g/mol. The summed E-state index contributed by atoms with van der Waals surface area (Å²) in [7, 11) is 0. The van der Waals surface area contributed by atoms with Gasteiger partial charge in [0.25, 0.3) is 0 Å². The molecular formula is C13H8N4O3. The molecule has 98 valence electrons. The van der Waals surface area contributed by atoms with Gasteiger partial charge in [0, 0.05) is 24.8 Å². The molecular weight excluding hydrogens is 260 g/mol. The van der Waals surface area contributed by atoms with Crippen LogP contribution in [0.3, 0.4) is 0 Å². The summed E-state index contributed by atoms with van der Waals surface area (Å²) in [6.45, 7) is 0. The number of aromatic nitrogens is 4. The van der Waals surface area contributed by atoms with Crippen LogP contribution in [0.1, 0.15) is 10.4 Å². The van der Waals surface area contributed by atoms with Gasteiger partial charge in [0.05, 0.1) is 11.6 Å². The van der Waals surface area contributed by atoms with Crippen LogP contribution in [0.2, 0.25) is 0 Å². The Morgan fingerprint density at radius 1 is 1.20 bits per heavy atom. The number of nitrogens with zero attached hydrogens (tertiary/aromatic N) is 4. The maximum absolute atomic E-state index is 12.1. The highest BCUT2D eigenvalue weighted by Gasteiger charge is 2.16. The lowest BCUT2D eigenvalue weighted by Crippen LogP contribution is -2.19. The van der Waals surface area contributed by atoms with E-state index in [0.29, 0.717) is 11.5 Å². The number of carboxylic acid groups (broad SMARTS) is 1. The van der Waals surface area contributed by atoms with Crippen LogP contribution in [0.25, 0.3) is 16.9 Å². The second-order valence-electron chi connectivity index (χ2n) is 3.99. The third kappa shape index (κ3) is 1.81. The summed E-state index contributed by atoms with van der Waals surface area (Å²) in [5.74, 6) is -0.905. The Bertz CT molecular complexity index is 858. The van der Waals surface area contributed by atoms with Crippen LogP contribution in [0.5, 0.6) is 0 Å². The highest BCUT2D eigenvalue weighted by Crippen LogP contribution is 2.13. The van der Waals surface area contributed by atoms with Gasteiger partial charge in [0.15, 0.2) is 5.82 Å². The number of hydrogen-bond acceptors (Lipinski definition) is 5. The summed E-state index contributed by atoms with van der Waals surface area (Å²) in [4.78, 5) is 35.4. The molecule has 3 heterocycles. The molecule has 0 saturated heterocycles. The molecule has 3 aromatic heterocycles. The number of carboxylic acids is 1. The van der Waals surface area contributed by atoms with Crippen molar-refractivity contribution in [3.63, 3.8) is 0 Å². The molecule has 7 nitrogen and oxygen atoms in total. The molecule has 0 saturated carbocycles. The van der Waals surface area contributed by atoms with Crippen LogP contribution < -0.4 is 5.43 Å². The minimum absolute atomic E-state index is 0.220. The van der Waals surface area contributed by atoms with Crippen LogP contribution in [0, 0.1) is 0 Å². The van der Waals surface area contributed by atoms with Crippen LogP contribution in [-0.2, 0) is 0 Å². The van der Waals surface area contributed by atoms with E-state index in [1.807, 2.05) is 0 Å². The molecule has 0 atom stereocenters. The first kappa shape index (κ1) is 12.0. The molecule has 0 aliphatic heterocycles. The van der Waals surface area contributed by atoms with E-state index in [4.69, 9.17) is 5.11 Å². The van der Waals surface area contributed by atoms with Crippen molar-refractivity contribution in [2.45, 2.75) is 0 Å². The van der Waals surface area contributed by atoms with Gasteiger partial charge < -0.3 is 5.11 Å². The number of carbonyl (C=O) groups is 1. The largest absolute Gasteiger partial charge is 0.477 e. The predicted molar refractivity (Wildman–Crippen MR) is 69.9 cm³/mol. The van der Waals surface area contributed by atoms with Crippen molar-refractivity contribution in [3.05, 3.63) is 58.9 Å². The second kappa shape index (κ2) is 4.54. The highest BCUT2D eigenvalue weighted by molar-refractivity contribution is 5.92. The van der Waals surface area contributed by atoms with Crippen molar-refractivity contribution in [1.82, 2.24) is 19.5 Å². The van der Waals surface area contributed by atoms with Gasteiger partial charge in [-0.1, -0.05) is 0 Å². The SMILES string of the molecule is O=C(O)c1cn(-c2cnccn2)c2ncccc2c1=O. The Morgan fingerprint density at radius 2 is 2.05 bits per heavy atom. The fraction of sp³-hybridized carbons (Fsp3) is 0. The van der Waals surface area contributed by atoms with Crippen LogP contribution >= 0.6 is 0 Å². The molecule has 7 heteroatoms. The molecule has 0 radical (unpaired) electrons. The third-order valence-corrected chi connectivity index (χ3v) is 2.79. The van der Waals surface area contributed by atoms with Crippen molar-refractivity contribution in [1.29, 1.82) is 0 Å². The molecule has 0 spiro atoms. The zero-order valence-corrected chi connectivity index (χ0v) is 10.1. The molecule has 20 heavy (non-hydrogen) atoms. The van der Waals surface area contributed by atoms with Gasteiger partial charge in [-0.25, -0.2) is 14.8 Å². The second-order valence-corrected chi connectivity index (χ2v) is 3.99. The van der Waals surface area contributed by atoms with Gasteiger partial charge in [-0.05, 0) is 12.1 Å². The van der Waals surface area contributed by atoms with Crippen molar-refractivity contribution >= 4 is 17.0 Å². The standard InChI is InChI=1S/C13H8N4O3/c18-11-8-2-1-3-16-12(8)17(7-9(11)13(19)20)10-6-14-4-5-15-10/h1-7H,(H,19,20). The molecule has 0 aromatic carbocycles. The highest BCUT2D eigenvalue weighted by atomic mass is 16.4. The minimum atomic E-state index is -1.29. The maximum atomic E-state index is 12.1. The van der Waals surface area contributed by atoms with E-state index in [9.17, 15) is 9.59 Å². The summed E-state index contributed by atoms with van der Waals surface area (Å²) < 4.78 is 1.44. The van der Waals surface area contributed by atoms with Crippen LogP contribution in [-0.4, -0.2) is 30.6 Å². The van der Waals surface area contributed by atoms with Gasteiger partial charge in [0.2, 0.25) is 5.43 Å². The molecule has 3 aromatic rings. The number of rotatable bonds is 2. The minimum Gasteiger partial charge on any atom is -0.477 e. The maximum Gasteiger partial charge on any atom is 0.341 e. The van der Waals surface area contributed by atoms with E-state index < -0.39 is 11.4 Å². The number of pyridine rings is 2. The summed E-state index contributed by atoms with van der Waals surface area (Å²) in [6.07, 6.45) is 7.17. The molecule has 3 rings (SSSR count). The number of fused-ring (bicyclic) bond motifs is 1. The van der Waals surface area contributed by atoms with E-state index in [-0.39, 0.29) is 10.9 Å². The molecule has 0 amide bonds. The van der Waals surface area contributed by atoms with Gasteiger partial charge in [-0.15, -0.1) is 0 Å². The Labute approximate surface area is 112 Å². The first-order valence-electron chi connectivity index (χ1n) is 5.68. The molecule has 0 unspecified atom stereocenters. The Hall–Kier alpha value is -3.09. The lowest BCUT2D eigenvalue weighted by atomic mass is 10.2. The lowest BCUT2D eigenvalue weighted by Gasteiger charge is -2.09. The van der Waals surface area contributed by atoms with Gasteiger partial charge in [-0.3, -0.25) is 14.3 Å². The Balaban J connectivity index is 2.46. The quantitative estimate of drug-likeness (QED) is 0.740. The lowest BCUT2D eigenvalue weighted by molar-refractivity contribution is 0.0695. The average Bonchev–Trinajstić information content (AvgIpc) is 2.48. The number of hydrogen-bond donors (Lipinski definition) is 1. The fourth-order valence-electron chi connectivity index (χ4n) is 1.90. The zero-order valence-electron chi connectivity index (χ0n) is 10.1. The molecule has 1 N–H and O–H groups in total. The van der Waals surface area contributed by atoms with E-state index >= 15 is 0 Å². The Kier molecular flexibility index (Phi) is 2.72. The Morgan fingerprint density at radius 3 is 2.75 bits per heavy atom. The summed E-state index contributed by atoms with van der Waals surface area (Å²) in [6, 6.07) is 3.11. The monoisotopic (exact) mass is 268 g/mol. The molecule has 0 aliphatic carbocycles. The zero-order chi connectivity index (χ0) is 14.1. The van der Waals surface area contributed by atoms with Crippen molar-refractivity contribution < 1.29 is 9.90 Å². The predicted octanol–water partition coefficient (Wildman–Crippen LogP) is 0.874. The van der Waals surface area contributed by atoms with Crippen molar-refractivity contribution in [2.24, 2.45) is 0 Å². The number of aromatic carboxylic acids is 1. The van der Waals surface area contributed by atoms with Gasteiger partial charge in [-0.2, -0.15) is 0 Å². The normalized spacial score (nSPS) is 10.6. The van der Waals surface area contributed by atoms with E-state index in [1.165, 1.54) is 41.6 Å². The topological polar surface area (TPSA) is 98.0 Å². The summed E-state index contributed by atoms with van der Waals surface area (Å²) >= 11 is 0. The van der Waals surface area contributed by atoms with Crippen molar-refractivity contribution in [3.8, 4) is 5.82 Å². The van der Waals surface area contributed by atoms with Crippen molar-refractivity contribution in [2.75, 3.05) is 0 Å².